The van der Waals surface area contributed by atoms with Crippen molar-refractivity contribution in [3.05, 3.63) is 48.5 Å². The number of nitrogens with zero attached hydrogens (tertiary/aromatic N) is 2. The Labute approximate surface area is 154 Å². The molecule has 2 aromatic carbocycles. The summed E-state index contributed by atoms with van der Waals surface area (Å²) in [5.74, 6) is 0. The molecule has 24 heavy (non-hydrogen) atoms. The minimum absolute atomic E-state index is 0.444. The Bertz CT molecular complexity index is 795. The van der Waals surface area contributed by atoms with Crippen LogP contribution in [0.25, 0.3) is 0 Å². The third kappa shape index (κ3) is 6.01. The first-order valence-corrected chi connectivity index (χ1v) is 8.86. The van der Waals surface area contributed by atoms with Gasteiger partial charge in [-0.3, -0.25) is 0 Å². The second-order valence-electron chi connectivity index (χ2n) is 4.43. The molecule has 3 N–H and O–H groups in total. The highest BCUT2D eigenvalue weighted by Gasteiger charge is 2.00. The first-order valence-electron chi connectivity index (χ1n) is 6.82. The molecule has 0 saturated heterocycles. The molecule has 0 saturated carbocycles. The zero-order chi connectivity index (χ0) is 17.2. The Balaban J connectivity index is 1.81. The standard InChI is InChI=1S/C16H13N5S3/c17-9-23-14-5-1-3-12(7-14)19-11-20-16(22)21-13-4-2-6-15(8-13)24-10-18/h1-8,19H,11H2,(H2,20,21,22). The number of thiocarbonyl (C=S) groups is 1. The van der Waals surface area contributed by atoms with Crippen LogP contribution < -0.4 is 16.0 Å². The summed E-state index contributed by atoms with van der Waals surface area (Å²) >= 11 is 7.47. The molecule has 0 fully saturated rings. The summed E-state index contributed by atoms with van der Waals surface area (Å²) in [4.78, 5) is 1.74. The minimum Gasteiger partial charge on any atom is -0.368 e. The van der Waals surface area contributed by atoms with Crippen molar-refractivity contribution in [3.63, 3.8) is 0 Å². The van der Waals surface area contributed by atoms with Gasteiger partial charge >= 0.3 is 0 Å². The molecule has 5 nitrogen and oxygen atoms in total. The van der Waals surface area contributed by atoms with E-state index in [2.05, 4.69) is 16.0 Å². The van der Waals surface area contributed by atoms with Gasteiger partial charge in [0.25, 0.3) is 0 Å². The second kappa shape index (κ2) is 9.68. The first-order chi connectivity index (χ1) is 11.7. The quantitative estimate of drug-likeness (QED) is 0.302. The Morgan fingerprint density at radius 1 is 0.958 bits per heavy atom. The molecule has 0 unspecified atom stereocenters. The van der Waals surface area contributed by atoms with Crippen molar-refractivity contribution in [2.24, 2.45) is 0 Å². The lowest BCUT2D eigenvalue weighted by atomic mass is 10.3. The second-order valence-corrected chi connectivity index (χ2v) is 6.55. The molecule has 0 atom stereocenters. The number of thiocyanates is 2. The maximum absolute atomic E-state index is 8.70. The number of thioether (sulfide) groups is 2. The van der Waals surface area contributed by atoms with Gasteiger partial charge in [0.1, 0.15) is 10.8 Å². The Hall–Kier alpha value is -2.39. The third-order valence-electron chi connectivity index (χ3n) is 2.79. The van der Waals surface area contributed by atoms with E-state index in [4.69, 9.17) is 22.7 Å². The summed E-state index contributed by atoms with van der Waals surface area (Å²) < 4.78 is 0. The Morgan fingerprint density at radius 2 is 1.54 bits per heavy atom. The molecule has 120 valence electrons. The minimum atomic E-state index is 0.444. The highest BCUT2D eigenvalue weighted by molar-refractivity contribution is 8.04. The lowest BCUT2D eigenvalue weighted by Gasteiger charge is -2.12. The highest BCUT2D eigenvalue weighted by atomic mass is 32.2. The molecule has 0 spiro atoms. The van der Waals surface area contributed by atoms with Crippen LogP contribution in [-0.4, -0.2) is 11.8 Å². The SMILES string of the molecule is N#CSc1cccc(NCNC(=S)Nc2cccc(SC#N)c2)c1. The maximum atomic E-state index is 8.70. The van der Waals surface area contributed by atoms with E-state index in [1.807, 2.05) is 59.3 Å². The monoisotopic (exact) mass is 371 g/mol. The van der Waals surface area contributed by atoms with Gasteiger partial charge in [0.2, 0.25) is 0 Å². The molecule has 0 heterocycles. The van der Waals surface area contributed by atoms with Crippen molar-refractivity contribution in [1.29, 1.82) is 10.5 Å². The van der Waals surface area contributed by atoms with Gasteiger partial charge in [-0.25, -0.2) is 0 Å². The van der Waals surface area contributed by atoms with Crippen LogP contribution in [0.4, 0.5) is 11.4 Å². The molecule has 0 aliphatic heterocycles. The fourth-order valence-electron chi connectivity index (χ4n) is 1.81. The Morgan fingerprint density at radius 3 is 2.17 bits per heavy atom. The van der Waals surface area contributed by atoms with E-state index in [0.29, 0.717) is 11.8 Å². The van der Waals surface area contributed by atoms with Crippen LogP contribution in [-0.2, 0) is 0 Å². The lowest BCUT2D eigenvalue weighted by Crippen LogP contribution is -2.32. The van der Waals surface area contributed by atoms with E-state index < -0.39 is 0 Å². The van der Waals surface area contributed by atoms with Crippen molar-refractivity contribution in [2.75, 3.05) is 17.3 Å². The predicted molar refractivity (Wildman–Crippen MR) is 104 cm³/mol. The molecule has 2 aromatic rings. The van der Waals surface area contributed by atoms with Crippen LogP contribution in [0, 0.1) is 21.3 Å². The number of benzene rings is 2. The number of hydrogen-bond donors (Lipinski definition) is 3. The van der Waals surface area contributed by atoms with Crippen molar-refractivity contribution in [2.45, 2.75) is 9.79 Å². The summed E-state index contributed by atoms with van der Waals surface area (Å²) in [6.45, 7) is 0.444. The number of hydrogen-bond acceptors (Lipinski definition) is 6. The molecular formula is C16H13N5S3. The molecule has 0 radical (unpaired) electrons. The van der Waals surface area contributed by atoms with Gasteiger partial charge < -0.3 is 16.0 Å². The molecular weight excluding hydrogens is 358 g/mol. The topological polar surface area (TPSA) is 83.7 Å². The number of nitriles is 2. The fourth-order valence-corrected chi connectivity index (χ4v) is 2.88. The molecule has 2 rings (SSSR count). The highest BCUT2D eigenvalue weighted by Crippen LogP contribution is 2.21. The maximum Gasteiger partial charge on any atom is 0.172 e. The zero-order valence-electron chi connectivity index (χ0n) is 12.4. The van der Waals surface area contributed by atoms with Crippen LogP contribution >= 0.6 is 35.7 Å². The molecule has 0 amide bonds. The summed E-state index contributed by atoms with van der Waals surface area (Å²) in [5.41, 5.74) is 1.72. The molecule has 0 aromatic heterocycles. The zero-order valence-corrected chi connectivity index (χ0v) is 14.9. The summed E-state index contributed by atoms with van der Waals surface area (Å²) in [6.07, 6.45) is 0. The van der Waals surface area contributed by atoms with Crippen LogP contribution in [0.1, 0.15) is 0 Å². The fraction of sp³-hybridized carbons (Fsp3) is 0.0625. The molecule has 0 aliphatic rings. The van der Waals surface area contributed by atoms with E-state index in [1.54, 1.807) is 0 Å². The van der Waals surface area contributed by atoms with Crippen LogP contribution in [0.5, 0.6) is 0 Å². The van der Waals surface area contributed by atoms with Crippen LogP contribution in [0.2, 0.25) is 0 Å². The van der Waals surface area contributed by atoms with Gasteiger partial charge in [-0.1, -0.05) is 12.1 Å². The van der Waals surface area contributed by atoms with E-state index in [1.165, 1.54) is 0 Å². The van der Waals surface area contributed by atoms with E-state index in [9.17, 15) is 0 Å². The van der Waals surface area contributed by atoms with Gasteiger partial charge in [0.05, 0.1) is 6.67 Å². The molecule has 8 heteroatoms. The summed E-state index contributed by atoms with van der Waals surface area (Å²) in [6, 6.07) is 15.0. The van der Waals surface area contributed by atoms with Crippen molar-refractivity contribution >= 4 is 52.2 Å². The molecule has 0 bridgehead atoms. The number of rotatable bonds is 6. The van der Waals surface area contributed by atoms with Crippen molar-refractivity contribution in [1.82, 2.24) is 5.32 Å². The summed E-state index contributed by atoms with van der Waals surface area (Å²) in [5, 5.41) is 31.2. The average Bonchev–Trinajstić information content (AvgIpc) is 2.56. The van der Waals surface area contributed by atoms with E-state index in [0.717, 1.165) is 44.7 Å². The first kappa shape index (κ1) is 18.0. The average molecular weight is 372 g/mol. The summed E-state index contributed by atoms with van der Waals surface area (Å²) in [7, 11) is 0. The van der Waals surface area contributed by atoms with Gasteiger partial charge in [-0.05, 0) is 72.1 Å². The van der Waals surface area contributed by atoms with E-state index in [-0.39, 0.29) is 0 Å². The van der Waals surface area contributed by atoms with Gasteiger partial charge in [-0.2, -0.15) is 10.5 Å². The van der Waals surface area contributed by atoms with Gasteiger partial charge in [0, 0.05) is 21.2 Å². The lowest BCUT2D eigenvalue weighted by molar-refractivity contribution is 0.990. The van der Waals surface area contributed by atoms with Gasteiger partial charge in [0.15, 0.2) is 5.11 Å². The molecule has 0 aliphatic carbocycles. The normalized spacial score (nSPS) is 9.42. The van der Waals surface area contributed by atoms with Crippen LogP contribution in [0.15, 0.2) is 58.3 Å². The van der Waals surface area contributed by atoms with Crippen molar-refractivity contribution < 1.29 is 0 Å². The number of anilines is 2. The largest absolute Gasteiger partial charge is 0.368 e. The van der Waals surface area contributed by atoms with E-state index >= 15 is 0 Å². The number of nitrogens with one attached hydrogen (secondary N) is 3. The smallest absolute Gasteiger partial charge is 0.172 e. The van der Waals surface area contributed by atoms with Crippen LogP contribution in [0.3, 0.4) is 0 Å². The Kier molecular flexibility index (Phi) is 7.24. The predicted octanol–water partition coefficient (Wildman–Crippen LogP) is 4.19. The third-order valence-corrected chi connectivity index (χ3v) is 4.20. The van der Waals surface area contributed by atoms with Gasteiger partial charge in [-0.15, -0.1) is 0 Å². The van der Waals surface area contributed by atoms with Crippen molar-refractivity contribution in [3.8, 4) is 10.8 Å².